The van der Waals surface area contributed by atoms with Gasteiger partial charge in [-0.15, -0.1) is 0 Å². The van der Waals surface area contributed by atoms with Gasteiger partial charge in [0.25, 0.3) is 0 Å². The van der Waals surface area contributed by atoms with Crippen LogP contribution in [-0.2, 0) is 4.79 Å². The van der Waals surface area contributed by atoms with E-state index in [0.29, 0.717) is 17.3 Å². The molecule has 1 N–H and O–H groups in total. The van der Waals surface area contributed by atoms with Crippen LogP contribution in [0.5, 0.6) is 0 Å². The van der Waals surface area contributed by atoms with E-state index < -0.39 is 0 Å². The molecular weight excluding hydrogens is 290 g/mol. The number of amides is 1. The van der Waals surface area contributed by atoms with Crippen molar-refractivity contribution in [2.24, 2.45) is 0 Å². The average Bonchev–Trinajstić information content (AvgIpc) is 3.00. The number of furan rings is 1. The Morgan fingerprint density at radius 3 is 2.48 bits per heavy atom. The maximum Gasteiger partial charge on any atom is 0.248 e. The molecule has 1 aromatic carbocycles. The first-order valence-electron chi connectivity index (χ1n) is 7.14. The highest BCUT2D eigenvalue weighted by molar-refractivity contribution is 6.01. The summed E-state index contributed by atoms with van der Waals surface area (Å²) >= 11 is 0. The molecule has 0 aliphatic carbocycles. The minimum atomic E-state index is -0.268. The van der Waals surface area contributed by atoms with Crippen molar-refractivity contribution in [3.05, 3.63) is 72.5 Å². The summed E-state index contributed by atoms with van der Waals surface area (Å²) in [6.45, 7) is 1.85. The number of aryl methyl sites for hydroxylation is 1. The smallest absolute Gasteiger partial charge is 0.248 e. The number of anilines is 1. The Labute approximate surface area is 133 Å². The van der Waals surface area contributed by atoms with E-state index in [1.165, 1.54) is 6.08 Å². The van der Waals surface area contributed by atoms with Crippen molar-refractivity contribution < 1.29 is 9.21 Å². The zero-order valence-corrected chi connectivity index (χ0v) is 12.6. The van der Waals surface area contributed by atoms with E-state index >= 15 is 0 Å². The third kappa shape index (κ3) is 3.91. The summed E-state index contributed by atoms with van der Waals surface area (Å²) in [5.74, 6) is 1.78. The molecule has 3 aromatic rings. The van der Waals surface area contributed by atoms with Crippen molar-refractivity contribution in [1.29, 1.82) is 0 Å². The highest BCUT2D eigenvalue weighted by Gasteiger charge is 2.03. The summed E-state index contributed by atoms with van der Waals surface area (Å²) in [5.41, 5.74) is 1.47. The number of carbonyl (C=O) groups is 1. The summed E-state index contributed by atoms with van der Waals surface area (Å²) in [7, 11) is 0. The van der Waals surface area contributed by atoms with E-state index in [0.717, 1.165) is 11.3 Å². The Balaban J connectivity index is 1.64. The molecule has 0 saturated carbocycles. The normalized spacial score (nSPS) is 10.8. The van der Waals surface area contributed by atoms with Gasteiger partial charge in [-0.25, -0.2) is 9.97 Å². The quantitative estimate of drug-likeness (QED) is 0.746. The maximum absolute atomic E-state index is 11.9. The molecule has 0 aliphatic heterocycles. The number of carbonyl (C=O) groups excluding carboxylic acids is 1. The monoisotopic (exact) mass is 305 g/mol. The second-order valence-electron chi connectivity index (χ2n) is 4.93. The topological polar surface area (TPSA) is 68.0 Å². The Bertz CT molecular complexity index is 821. The molecule has 0 atom stereocenters. The predicted molar refractivity (Wildman–Crippen MR) is 88.6 cm³/mol. The molecule has 114 valence electrons. The van der Waals surface area contributed by atoms with E-state index in [9.17, 15) is 4.79 Å². The molecule has 3 rings (SSSR count). The number of nitrogens with one attached hydrogen (secondary N) is 1. The van der Waals surface area contributed by atoms with Crippen molar-refractivity contribution in [2.45, 2.75) is 6.92 Å². The van der Waals surface area contributed by atoms with Crippen LogP contribution in [0.2, 0.25) is 0 Å². The number of hydrogen-bond acceptors (Lipinski definition) is 4. The molecule has 1 amide bonds. The van der Waals surface area contributed by atoms with Gasteiger partial charge in [-0.05, 0) is 25.1 Å². The number of hydrogen-bond donors (Lipinski definition) is 1. The van der Waals surface area contributed by atoms with Crippen LogP contribution in [0.25, 0.3) is 17.5 Å². The van der Waals surface area contributed by atoms with Gasteiger partial charge in [0.1, 0.15) is 11.5 Å². The highest BCUT2D eigenvalue weighted by Crippen LogP contribution is 2.15. The Morgan fingerprint density at radius 2 is 1.83 bits per heavy atom. The fourth-order valence-electron chi connectivity index (χ4n) is 2.01. The van der Waals surface area contributed by atoms with Crippen LogP contribution < -0.4 is 5.32 Å². The van der Waals surface area contributed by atoms with Crippen LogP contribution >= 0.6 is 0 Å². The third-order valence-electron chi connectivity index (χ3n) is 3.11. The fraction of sp³-hybridized carbons (Fsp3) is 0.0556. The summed E-state index contributed by atoms with van der Waals surface area (Å²) in [6.07, 6.45) is 6.18. The molecule has 5 nitrogen and oxygen atoms in total. The van der Waals surface area contributed by atoms with Gasteiger partial charge in [0.2, 0.25) is 5.91 Å². The largest absolute Gasteiger partial charge is 0.462 e. The van der Waals surface area contributed by atoms with Gasteiger partial charge >= 0.3 is 0 Å². The molecule has 0 fully saturated rings. The molecular formula is C18H15N3O2. The summed E-state index contributed by atoms with van der Waals surface area (Å²) in [5, 5.41) is 2.71. The molecule has 5 heteroatoms. The molecule has 0 bridgehead atoms. The van der Waals surface area contributed by atoms with Gasteiger partial charge in [-0.3, -0.25) is 4.79 Å². The van der Waals surface area contributed by atoms with Crippen LogP contribution in [0.3, 0.4) is 0 Å². The Hall–Kier alpha value is -3.21. The second-order valence-corrected chi connectivity index (χ2v) is 4.93. The average molecular weight is 305 g/mol. The van der Waals surface area contributed by atoms with Crippen LogP contribution in [0.4, 0.5) is 5.69 Å². The van der Waals surface area contributed by atoms with Gasteiger partial charge in [0.15, 0.2) is 5.82 Å². The molecule has 0 saturated heterocycles. The zero-order valence-electron chi connectivity index (χ0n) is 12.6. The van der Waals surface area contributed by atoms with Crippen LogP contribution in [0.15, 0.2) is 65.4 Å². The summed E-state index contributed by atoms with van der Waals surface area (Å²) in [4.78, 5) is 20.4. The third-order valence-corrected chi connectivity index (χ3v) is 3.11. The van der Waals surface area contributed by atoms with Crippen molar-refractivity contribution in [2.75, 3.05) is 5.32 Å². The first kappa shape index (κ1) is 14.7. The lowest BCUT2D eigenvalue weighted by atomic mass is 10.2. The molecule has 2 heterocycles. The van der Waals surface area contributed by atoms with Crippen LogP contribution in [-0.4, -0.2) is 15.9 Å². The van der Waals surface area contributed by atoms with Gasteiger partial charge < -0.3 is 9.73 Å². The van der Waals surface area contributed by atoms with Gasteiger partial charge in [-0.1, -0.05) is 30.3 Å². The first-order valence-corrected chi connectivity index (χ1v) is 7.14. The second kappa shape index (κ2) is 6.70. The van der Waals surface area contributed by atoms with E-state index in [-0.39, 0.29) is 5.91 Å². The minimum absolute atomic E-state index is 0.268. The van der Waals surface area contributed by atoms with Crippen molar-refractivity contribution >= 4 is 17.7 Å². The molecule has 0 unspecified atom stereocenters. The summed E-state index contributed by atoms with van der Waals surface area (Å²) in [6, 6.07) is 13.3. The van der Waals surface area contributed by atoms with E-state index in [1.807, 2.05) is 43.3 Å². The number of rotatable bonds is 4. The van der Waals surface area contributed by atoms with Crippen LogP contribution in [0, 0.1) is 6.92 Å². The lowest BCUT2D eigenvalue weighted by Crippen LogP contribution is -2.08. The van der Waals surface area contributed by atoms with Crippen molar-refractivity contribution in [3.8, 4) is 11.4 Å². The highest BCUT2D eigenvalue weighted by atomic mass is 16.3. The van der Waals surface area contributed by atoms with Gasteiger partial charge in [-0.2, -0.15) is 0 Å². The first-order chi connectivity index (χ1) is 11.2. The number of benzene rings is 1. The number of nitrogens with zero attached hydrogens (tertiary/aromatic N) is 2. The minimum Gasteiger partial charge on any atom is -0.462 e. The van der Waals surface area contributed by atoms with E-state index in [1.54, 1.807) is 24.5 Å². The van der Waals surface area contributed by atoms with Gasteiger partial charge in [0.05, 0.1) is 18.1 Å². The number of aromatic nitrogens is 2. The van der Waals surface area contributed by atoms with E-state index in [2.05, 4.69) is 15.3 Å². The van der Waals surface area contributed by atoms with Crippen LogP contribution in [0.1, 0.15) is 11.5 Å². The SMILES string of the molecule is Cc1ccc(/C=C/C(=O)Nc2cnc(-c3ccccc3)nc2)o1. The van der Waals surface area contributed by atoms with Crippen molar-refractivity contribution in [1.82, 2.24) is 9.97 Å². The van der Waals surface area contributed by atoms with E-state index in [4.69, 9.17) is 4.42 Å². The van der Waals surface area contributed by atoms with Gasteiger partial charge in [0, 0.05) is 11.6 Å². The standard InChI is InChI=1S/C18H15N3O2/c1-13-7-8-16(23-13)9-10-17(22)21-15-11-19-18(20-12-15)14-5-3-2-4-6-14/h2-12H,1H3,(H,21,22)/b10-9+. The Kier molecular flexibility index (Phi) is 4.29. The molecule has 0 radical (unpaired) electrons. The molecule has 2 aromatic heterocycles. The fourth-order valence-corrected chi connectivity index (χ4v) is 2.01. The molecule has 23 heavy (non-hydrogen) atoms. The van der Waals surface area contributed by atoms with Crippen molar-refractivity contribution in [3.63, 3.8) is 0 Å². The lowest BCUT2D eigenvalue weighted by Gasteiger charge is -2.03. The predicted octanol–water partition coefficient (Wildman–Crippen LogP) is 3.70. The maximum atomic E-state index is 11.9. The Morgan fingerprint density at radius 1 is 1.09 bits per heavy atom. The lowest BCUT2D eigenvalue weighted by molar-refractivity contribution is -0.111. The molecule has 0 aliphatic rings. The zero-order chi connectivity index (χ0) is 16.1. The summed E-state index contributed by atoms with van der Waals surface area (Å²) < 4.78 is 5.36. The molecule has 0 spiro atoms.